The van der Waals surface area contributed by atoms with Crippen LogP contribution in [0.5, 0.6) is 0 Å². The van der Waals surface area contributed by atoms with Gasteiger partial charge in [-0.1, -0.05) is 30.3 Å². The monoisotopic (exact) mass is 327 g/mol. The molecule has 2 unspecified atom stereocenters. The van der Waals surface area contributed by atoms with E-state index in [0.717, 1.165) is 37.9 Å². The van der Waals surface area contributed by atoms with Crippen LogP contribution in [0, 0.1) is 0 Å². The third kappa shape index (κ3) is 4.23. The second-order valence-electron chi connectivity index (χ2n) is 6.35. The smallest absolute Gasteiger partial charge is 0.251 e. The van der Waals surface area contributed by atoms with Crippen LogP contribution in [0.25, 0.3) is 0 Å². The van der Waals surface area contributed by atoms with Crippen molar-refractivity contribution in [2.75, 3.05) is 6.54 Å². The summed E-state index contributed by atoms with van der Waals surface area (Å²) in [5.74, 6) is 0.0859. The van der Waals surface area contributed by atoms with Crippen LogP contribution in [-0.2, 0) is 22.7 Å². The molecule has 24 heavy (non-hydrogen) atoms. The van der Waals surface area contributed by atoms with Gasteiger partial charge in [0.2, 0.25) is 0 Å². The summed E-state index contributed by atoms with van der Waals surface area (Å²) in [6, 6.07) is 12.1. The number of carbonyl (C=O) groups excluding carboxylic acids is 1. The molecule has 5 heteroatoms. The number of hydrogen-bond donors (Lipinski definition) is 0. The van der Waals surface area contributed by atoms with Crippen molar-refractivity contribution in [2.45, 2.75) is 51.5 Å². The first kappa shape index (κ1) is 16.7. The van der Waals surface area contributed by atoms with Crippen LogP contribution in [0.15, 0.2) is 48.8 Å². The Morgan fingerprint density at radius 2 is 2.12 bits per heavy atom. The molecule has 5 nitrogen and oxygen atoms in total. The highest BCUT2D eigenvalue weighted by atomic mass is 16.5. The van der Waals surface area contributed by atoms with Crippen LogP contribution in [0.3, 0.4) is 0 Å². The van der Waals surface area contributed by atoms with Gasteiger partial charge >= 0.3 is 0 Å². The van der Waals surface area contributed by atoms with E-state index in [-0.39, 0.29) is 11.9 Å². The summed E-state index contributed by atoms with van der Waals surface area (Å²) < 4.78 is 7.72. The molecule has 1 saturated heterocycles. The fraction of sp³-hybridized carbons (Fsp3) is 0.474. The van der Waals surface area contributed by atoms with E-state index < -0.39 is 6.10 Å². The van der Waals surface area contributed by atoms with Gasteiger partial charge in [-0.3, -0.25) is 9.48 Å². The van der Waals surface area contributed by atoms with Gasteiger partial charge in [-0.05, 0) is 37.8 Å². The molecule has 2 heterocycles. The van der Waals surface area contributed by atoms with Gasteiger partial charge in [-0.25, -0.2) is 0 Å². The minimum atomic E-state index is -0.427. The van der Waals surface area contributed by atoms with E-state index in [1.165, 1.54) is 0 Å². The second-order valence-corrected chi connectivity index (χ2v) is 6.35. The first-order chi connectivity index (χ1) is 11.7. The molecule has 0 N–H and O–H groups in total. The zero-order valence-electron chi connectivity index (χ0n) is 14.2. The van der Waals surface area contributed by atoms with Crippen molar-refractivity contribution >= 4 is 5.91 Å². The topological polar surface area (TPSA) is 47.4 Å². The highest BCUT2D eigenvalue weighted by molar-refractivity contribution is 5.81. The molecule has 0 aliphatic carbocycles. The van der Waals surface area contributed by atoms with Crippen LogP contribution in [0.2, 0.25) is 0 Å². The zero-order chi connectivity index (χ0) is 16.8. The van der Waals surface area contributed by atoms with E-state index in [1.54, 1.807) is 6.20 Å². The number of benzene rings is 1. The predicted octanol–water partition coefficient (Wildman–Crippen LogP) is 2.87. The maximum Gasteiger partial charge on any atom is 0.251 e. The largest absolute Gasteiger partial charge is 0.364 e. The predicted molar refractivity (Wildman–Crippen MR) is 92.3 cm³/mol. The van der Waals surface area contributed by atoms with Crippen LogP contribution in [-0.4, -0.2) is 39.3 Å². The fourth-order valence-electron chi connectivity index (χ4n) is 3.21. The number of likely N-dealkylation sites (tertiary alicyclic amines) is 1. The van der Waals surface area contributed by atoms with Crippen LogP contribution in [0.1, 0.15) is 31.7 Å². The molecule has 128 valence electrons. The number of hydrogen-bond acceptors (Lipinski definition) is 3. The molecule has 2 atom stereocenters. The van der Waals surface area contributed by atoms with Crippen LogP contribution >= 0.6 is 0 Å². The summed E-state index contributed by atoms with van der Waals surface area (Å²) in [5, 5.41) is 4.27. The Labute approximate surface area is 143 Å². The quantitative estimate of drug-likeness (QED) is 0.819. The van der Waals surface area contributed by atoms with Crippen molar-refractivity contribution in [1.29, 1.82) is 0 Å². The van der Waals surface area contributed by atoms with Crippen molar-refractivity contribution in [2.24, 2.45) is 0 Å². The molecule has 1 aliphatic rings. The molecule has 1 aliphatic heterocycles. The molecule has 2 aromatic rings. The number of ether oxygens (including phenoxy) is 1. The highest BCUT2D eigenvalue weighted by Gasteiger charge is 2.30. The average Bonchev–Trinajstić information content (AvgIpc) is 3.13. The van der Waals surface area contributed by atoms with Gasteiger partial charge in [-0.15, -0.1) is 0 Å². The number of aromatic nitrogens is 2. The van der Waals surface area contributed by atoms with Crippen molar-refractivity contribution in [1.82, 2.24) is 14.7 Å². The lowest BCUT2D eigenvalue weighted by atomic mass is 10.0. The minimum absolute atomic E-state index is 0.0859. The summed E-state index contributed by atoms with van der Waals surface area (Å²) >= 11 is 0. The molecular formula is C19H25N3O2. The Bertz CT molecular complexity index is 627. The molecule has 0 spiro atoms. The first-order valence-electron chi connectivity index (χ1n) is 8.67. The number of piperidine rings is 1. The molecule has 1 aromatic carbocycles. The van der Waals surface area contributed by atoms with Gasteiger partial charge in [0.05, 0.1) is 19.2 Å². The number of nitrogens with zero attached hydrogens (tertiary/aromatic N) is 3. The minimum Gasteiger partial charge on any atom is -0.364 e. The van der Waals surface area contributed by atoms with Gasteiger partial charge in [0.15, 0.2) is 0 Å². The molecule has 1 fully saturated rings. The lowest BCUT2D eigenvalue weighted by molar-refractivity contribution is -0.147. The zero-order valence-corrected chi connectivity index (χ0v) is 14.2. The molecule has 1 aromatic heterocycles. The number of amides is 1. The molecule has 3 rings (SSSR count). The molecular weight excluding hydrogens is 302 g/mol. The lowest BCUT2D eigenvalue weighted by Crippen LogP contribution is -2.49. The molecule has 0 bridgehead atoms. The van der Waals surface area contributed by atoms with Gasteiger partial charge < -0.3 is 9.64 Å². The summed E-state index contributed by atoms with van der Waals surface area (Å²) in [7, 11) is 0. The summed E-state index contributed by atoms with van der Waals surface area (Å²) in [5.41, 5.74) is 1.09. The van der Waals surface area contributed by atoms with Gasteiger partial charge in [0, 0.05) is 18.9 Å². The van der Waals surface area contributed by atoms with Crippen molar-refractivity contribution in [3.63, 3.8) is 0 Å². The third-order valence-corrected chi connectivity index (χ3v) is 4.56. The highest BCUT2D eigenvalue weighted by Crippen LogP contribution is 2.20. The second kappa shape index (κ2) is 8.11. The molecule has 1 amide bonds. The van der Waals surface area contributed by atoms with Crippen LogP contribution < -0.4 is 0 Å². The van der Waals surface area contributed by atoms with E-state index in [0.29, 0.717) is 6.61 Å². The SMILES string of the molecule is CC(OCc1ccccc1)C(=O)N1CCCCC1Cn1cccn1. The first-order valence-corrected chi connectivity index (χ1v) is 8.67. The van der Waals surface area contributed by atoms with E-state index in [4.69, 9.17) is 4.74 Å². The van der Waals surface area contributed by atoms with E-state index >= 15 is 0 Å². The summed E-state index contributed by atoms with van der Waals surface area (Å²) in [6.45, 7) is 3.88. The number of carbonyl (C=O) groups is 1. The number of rotatable bonds is 6. The Morgan fingerprint density at radius 1 is 1.29 bits per heavy atom. The van der Waals surface area contributed by atoms with Gasteiger partial charge in [-0.2, -0.15) is 5.10 Å². The Balaban J connectivity index is 1.58. The molecule has 0 saturated carbocycles. The molecule has 0 radical (unpaired) electrons. The summed E-state index contributed by atoms with van der Waals surface area (Å²) in [4.78, 5) is 14.8. The average molecular weight is 327 g/mol. The van der Waals surface area contributed by atoms with Crippen molar-refractivity contribution < 1.29 is 9.53 Å². The summed E-state index contributed by atoms with van der Waals surface area (Å²) in [6.07, 6.45) is 6.55. The standard InChI is InChI=1S/C19H25N3O2/c1-16(24-15-17-8-3-2-4-9-17)19(23)22-13-6-5-10-18(22)14-21-12-7-11-20-21/h2-4,7-9,11-12,16,18H,5-6,10,13-15H2,1H3. The van der Waals surface area contributed by atoms with Gasteiger partial charge in [0.25, 0.3) is 5.91 Å². The Kier molecular flexibility index (Phi) is 5.64. The van der Waals surface area contributed by atoms with Crippen LogP contribution in [0.4, 0.5) is 0 Å². The lowest BCUT2D eigenvalue weighted by Gasteiger charge is -2.37. The maximum atomic E-state index is 12.8. The Hall–Kier alpha value is -2.14. The van der Waals surface area contributed by atoms with Crippen molar-refractivity contribution in [3.8, 4) is 0 Å². The van der Waals surface area contributed by atoms with Gasteiger partial charge in [0.1, 0.15) is 6.10 Å². The van der Waals surface area contributed by atoms with E-state index in [1.807, 2.05) is 59.1 Å². The van der Waals surface area contributed by atoms with E-state index in [2.05, 4.69) is 5.10 Å². The fourth-order valence-corrected chi connectivity index (χ4v) is 3.21. The Morgan fingerprint density at radius 3 is 2.88 bits per heavy atom. The van der Waals surface area contributed by atoms with E-state index in [9.17, 15) is 4.79 Å². The third-order valence-electron chi connectivity index (χ3n) is 4.56. The van der Waals surface area contributed by atoms with Crippen molar-refractivity contribution in [3.05, 3.63) is 54.4 Å². The maximum absolute atomic E-state index is 12.8. The normalized spacial score (nSPS) is 19.2.